The predicted molar refractivity (Wildman–Crippen MR) is 95.0 cm³/mol. The molecule has 2 saturated heterocycles. The largest absolute Gasteiger partial charge is 0.442 e. The third kappa shape index (κ3) is 4.24. The second-order valence-electron chi connectivity index (χ2n) is 6.41. The van der Waals surface area contributed by atoms with Gasteiger partial charge in [0.25, 0.3) is 0 Å². The van der Waals surface area contributed by atoms with Gasteiger partial charge in [-0.25, -0.2) is 9.18 Å². The molecule has 8 heteroatoms. The van der Waals surface area contributed by atoms with Crippen LogP contribution in [0.2, 0.25) is 0 Å². The number of halogens is 1. The summed E-state index contributed by atoms with van der Waals surface area (Å²) in [5.74, 6) is -0.445. The van der Waals surface area contributed by atoms with Gasteiger partial charge >= 0.3 is 6.09 Å². The van der Waals surface area contributed by atoms with Crippen LogP contribution in [0.1, 0.15) is 19.8 Å². The van der Waals surface area contributed by atoms with Gasteiger partial charge in [0.1, 0.15) is 11.9 Å². The normalized spacial score (nSPS) is 20.2. The highest BCUT2D eigenvalue weighted by Gasteiger charge is 2.33. The summed E-state index contributed by atoms with van der Waals surface area (Å²) in [6, 6.07) is 4.75. The molecule has 142 valence electrons. The van der Waals surface area contributed by atoms with Gasteiger partial charge in [0.15, 0.2) is 0 Å². The fraction of sp³-hybridized carbons (Fsp3) is 0.556. The van der Waals surface area contributed by atoms with Gasteiger partial charge in [-0.2, -0.15) is 0 Å². The number of ether oxygens (including phenoxy) is 2. The van der Waals surface area contributed by atoms with E-state index in [-0.39, 0.29) is 24.8 Å². The average molecular weight is 365 g/mol. The molecule has 0 unspecified atom stereocenters. The van der Waals surface area contributed by atoms with Gasteiger partial charge in [-0.1, -0.05) is 6.92 Å². The van der Waals surface area contributed by atoms with Crippen LogP contribution in [-0.4, -0.2) is 57.5 Å². The first-order valence-corrected chi connectivity index (χ1v) is 8.95. The Kier molecular flexibility index (Phi) is 5.92. The zero-order chi connectivity index (χ0) is 18.5. The van der Waals surface area contributed by atoms with E-state index in [2.05, 4.69) is 5.32 Å². The molecule has 1 N–H and O–H groups in total. The Labute approximate surface area is 152 Å². The van der Waals surface area contributed by atoms with Crippen molar-refractivity contribution in [1.29, 1.82) is 0 Å². The van der Waals surface area contributed by atoms with Gasteiger partial charge in [0.05, 0.1) is 37.7 Å². The molecule has 26 heavy (non-hydrogen) atoms. The Balaban J connectivity index is 1.62. The van der Waals surface area contributed by atoms with Gasteiger partial charge in [0, 0.05) is 19.5 Å². The van der Waals surface area contributed by atoms with Gasteiger partial charge in [-0.05, 0) is 24.6 Å². The van der Waals surface area contributed by atoms with Crippen LogP contribution in [-0.2, 0) is 14.3 Å². The Bertz CT molecular complexity index is 664. The van der Waals surface area contributed by atoms with Crippen molar-refractivity contribution in [2.45, 2.75) is 25.9 Å². The molecule has 0 aliphatic carbocycles. The fourth-order valence-corrected chi connectivity index (χ4v) is 3.11. The number of nitrogens with one attached hydrogen (secondary N) is 1. The molecule has 2 heterocycles. The number of morpholine rings is 1. The van der Waals surface area contributed by atoms with E-state index in [1.165, 1.54) is 11.0 Å². The van der Waals surface area contributed by atoms with Crippen LogP contribution in [0.4, 0.5) is 20.6 Å². The van der Waals surface area contributed by atoms with E-state index in [4.69, 9.17) is 9.47 Å². The molecule has 7 nitrogen and oxygen atoms in total. The van der Waals surface area contributed by atoms with Crippen LogP contribution in [0.5, 0.6) is 0 Å². The zero-order valence-electron chi connectivity index (χ0n) is 14.9. The van der Waals surface area contributed by atoms with Crippen LogP contribution in [0, 0.1) is 5.82 Å². The Morgan fingerprint density at radius 1 is 1.35 bits per heavy atom. The molecular weight excluding hydrogens is 341 g/mol. The van der Waals surface area contributed by atoms with Crippen LogP contribution >= 0.6 is 0 Å². The Morgan fingerprint density at radius 2 is 2.12 bits per heavy atom. The lowest BCUT2D eigenvalue weighted by Crippen LogP contribution is -2.37. The minimum Gasteiger partial charge on any atom is -0.442 e. The Morgan fingerprint density at radius 3 is 2.81 bits per heavy atom. The van der Waals surface area contributed by atoms with Crippen molar-refractivity contribution >= 4 is 23.4 Å². The van der Waals surface area contributed by atoms with Gasteiger partial charge in [-0.3, -0.25) is 9.69 Å². The molecule has 2 fully saturated rings. The lowest BCUT2D eigenvalue weighted by Gasteiger charge is -2.29. The molecule has 1 aromatic carbocycles. The lowest BCUT2D eigenvalue weighted by atomic mass is 10.2. The zero-order valence-corrected chi connectivity index (χ0v) is 14.9. The summed E-state index contributed by atoms with van der Waals surface area (Å²) in [4.78, 5) is 27.0. The summed E-state index contributed by atoms with van der Waals surface area (Å²) in [6.07, 6.45) is 0.235. The van der Waals surface area contributed by atoms with E-state index in [9.17, 15) is 14.0 Å². The van der Waals surface area contributed by atoms with E-state index in [1.807, 2.05) is 11.8 Å². The second-order valence-corrected chi connectivity index (χ2v) is 6.41. The minimum absolute atomic E-state index is 0.0668. The summed E-state index contributed by atoms with van der Waals surface area (Å²) in [5, 5.41) is 2.75. The number of cyclic esters (lactones) is 1. The summed E-state index contributed by atoms with van der Waals surface area (Å²) in [7, 11) is 0. The van der Waals surface area contributed by atoms with E-state index in [0.29, 0.717) is 44.1 Å². The van der Waals surface area contributed by atoms with Gasteiger partial charge in [0.2, 0.25) is 5.91 Å². The third-order valence-corrected chi connectivity index (χ3v) is 4.47. The van der Waals surface area contributed by atoms with Crippen molar-refractivity contribution in [2.75, 3.05) is 49.2 Å². The van der Waals surface area contributed by atoms with Gasteiger partial charge in [-0.15, -0.1) is 0 Å². The summed E-state index contributed by atoms with van der Waals surface area (Å²) in [5.41, 5.74) is 0.958. The molecule has 0 saturated carbocycles. The van der Waals surface area contributed by atoms with Crippen LogP contribution in [0.15, 0.2) is 18.2 Å². The molecule has 1 atom stereocenters. The summed E-state index contributed by atoms with van der Waals surface area (Å²) in [6.45, 7) is 4.89. The van der Waals surface area contributed by atoms with Crippen LogP contribution < -0.4 is 15.1 Å². The number of nitrogens with zero attached hydrogens (tertiary/aromatic N) is 2. The average Bonchev–Trinajstić information content (AvgIpc) is 3.02. The first kappa shape index (κ1) is 18.4. The van der Waals surface area contributed by atoms with Gasteiger partial charge < -0.3 is 19.7 Å². The molecular formula is C18H24FN3O4. The van der Waals surface area contributed by atoms with Crippen molar-refractivity contribution in [1.82, 2.24) is 5.32 Å². The number of hydrogen-bond acceptors (Lipinski definition) is 5. The minimum atomic E-state index is -0.529. The maximum atomic E-state index is 14.5. The highest BCUT2D eigenvalue weighted by molar-refractivity contribution is 5.90. The fourth-order valence-electron chi connectivity index (χ4n) is 3.11. The first-order chi connectivity index (χ1) is 12.6. The molecule has 0 aromatic heterocycles. The molecule has 0 spiro atoms. The number of amides is 2. The second kappa shape index (κ2) is 8.35. The van der Waals surface area contributed by atoms with E-state index in [1.54, 1.807) is 12.1 Å². The highest BCUT2D eigenvalue weighted by atomic mass is 19.1. The van der Waals surface area contributed by atoms with Crippen molar-refractivity contribution in [2.24, 2.45) is 0 Å². The summed E-state index contributed by atoms with van der Waals surface area (Å²) >= 11 is 0. The van der Waals surface area contributed by atoms with Crippen molar-refractivity contribution in [3.63, 3.8) is 0 Å². The molecule has 0 radical (unpaired) electrons. The van der Waals surface area contributed by atoms with Crippen molar-refractivity contribution < 1.29 is 23.5 Å². The number of hydrogen-bond donors (Lipinski definition) is 1. The maximum Gasteiger partial charge on any atom is 0.414 e. The molecule has 0 bridgehead atoms. The molecule has 1 aromatic rings. The van der Waals surface area contributed by atoms with Crippen molar-refractivity contribution in [3.8, 4) is 0 Å². The molecule has 2 amide bonds. The SMILES string of the molecule is CCCC(=O)NC[C@H]1CN(c2ccc(N3CCOCC3)c(F)c2)C(=O)O1. The number of anilines is 2. The van der Waals surface area contributed by atoms with E-state index >= 15 is 0 Å². The Hall–Kier alpha value is -2.35. The maximum absolute atomic E-state index is 14.5. The van der Waals surface area contributed by atoms with Crippen LogP contribution in [0.25, 0.3) is 0 Å². The quantitative estimate of drug-likeness (QED) is 0.834. The van der Waals surface area contributed by atoms with E-state index < -0.39 is 12.2 Å². The lowest BCUT2D eigenvalue weighted by molar-refractivity contribution is -0.121. The monoisotopic (exact) mass is 365 g/mol. The standard InChI is InChI=1S/C18H24FN3O4/c1-2-3-17(23)20-11-14-12-22(18(24)26-14)13-4-5-16(15(19)10-13)21-6-8-25-9-7-21/h4-5,10,14H,2-3,6-9,11-12H2,1H3,(H,20,23)/t14-/m0/s1. The number of benzene rings is 1. The number of carbonyl (C=O) groups excluding carboxylic acids is 2. The highest BCUT2D eigenvalue weighted by Crippen LogP contribution is 2.28. The first-order valence-electron chi connectivity index (χ1n) is 8.95. The topological polar surface area (TPSA) is 71.1 Å². The molecule has 3 rings (SSSR count). The third-order valence-electron chi connectivity index (χ3n) is 4.47. The van der Waals surface area contributed by atoms with E-state index in [0.717, 1.165) is 6.42 Å². The molecule has 2 aliphatic heterocycles. The number of carbonyl (C=O) groups is 2. The van der Waals surface area contributed by atoms with Crippen molar-refractivity contribution in [3.05, 3.63) is 24.0 Å². The van der Waals surface area contributed by atoms with Crippen LogP contribution in [0.3, 0.4) is 0 Å². The smallest absolute Gasteiger partial charge is 0.414 e. The predicted octanol–water partition coefficient (Wildman–Crippen LogP) is 1.90. The summed E-state index contributed by atoms with van der Waals surface area (Å²) < 4.78 is 25.1. The molecule has 2 aliphatic rings. The number of rotatable bonds is 6.